The highest BCUT2D eigenvalue weighted by Gasteiger charge is 2.16. The Morgan fingerprint density at radius 3 is 2.90 bits per heavy atom. The van der Waals surface area contributed by atoms with Crippen LogP contribution in [0.25, 0.3) is 0 Å². The maximum Gasteiger partial charge on any atom is 0.124 e. The third kappa shape index (κ3) is 2.75. The zero-order chi connectivity index (χ0) is 13.8. The lowest BCUT2D eigenvalue weighted by atomic mass is 10.1. The van der Waals surface area contributed by atoms with Gasteiger partial charge in [-0.25, -0.2) is 4.98 Å². The van der Waals surface area contributed by atoms with E-state index in [1.54, 1.807) is 7.11 Å². The predicted octanol–water partition coefficient (Wildman–Crippen LogP) is 2.69. The minimum atomic E-state index is 0.535. The van der Waals surface area contributed by atoms with Gasteiger partial charge in [0.1, 0.15) is 6.73 Å². The Labute approximate surface area is 118 Å². The Balaban J connectivity index is 1.60. The molecule has 1 aliphatic rings. The van der Waals surface area contributed by atoms with Gasteiger partial charge < -0.3 is 14.0 Å². The number of hydrogen-bond acceptors (Lipinski definition) is 3. The summed E-state index contributed by atoms with van der Waals surface area (Å²) in [4.78, 5) is 4.44. The van der Waals surface area contributed by atoms with E-state index in [1.165, 1.54) is 11.3 Å². The number of ether oxygens (including phenoxy) is 2. The summed E-state index contributed by atoms with van der Waals surface area (Å²) in [5.41, 5.74) is 3.49. The molecular weight excluding hydrogens is 252 g/mol. The van der Waals surface area contributed by atoms with Crippen molar-refractivity contribution in [3.05, 3.63) is 65.4 Å². The molecule has 0 unspecified atom stereocenters. The van der Waals surface area contributed by atoms with Crippen molar-refractivity contribution < 1.29 is 9.47 Å². The average molecular weight is 270 g/mol. The quantitative estimate of drug-likeness (QED) is 0.838. The Kier molecular flexibility index (Phi) is 3.83. The molecule has 0 saturated carbocycles. The van der Waals surface area contributed by atoms with Crippen molar-refractivity contribution in [2.75, 3.05) is 7.11 Å². The van der Waals surface area contributed by atoms with E-state index in [4.69, 9.17) is 9.47 Å². The SMILES string of the molecule is COC1=CCc2c(ncn2COCc2ccccc2)C1. The number of hydrogen-bond donors (Lipinski definition) is 0. The largest absolute Gasteiger partial charge is 0.501 e. The van der Waals surface area contributed by atoms with Crippen LogP contribution >= 0.6 is 0 Å². The van der Waals surface area contributed by atoms with Crippen LogP contribution in [-0.2, 0) is 35.7 Å². The van der Waals surface area contributed by atoms with E-state index in [1.807, 2.05) is 24.5 Å². The number of imidazole rings is 1. The van der Waals surface area contributed by atoms with Gasteiger partial charge in [-0.2, -0.15) is 0 Å². The molecule has 1 aromatic carbocycles. The van der Waals surface area contributed by atoms with E-state index in [0.717, 1.165) is 24.3 Å². The average Bonchev–Trinajstić information content (AvgIpc) is 2.91. The molecule has 0 aliphatic heterocycles. The second kappa shape index (κ2) is 5.92. The number of nitrogens with zero attached hydrogens (tertiary/aromatic N) is 2. The van der Waals surface area contributed by atoms with Gasteiger partial charge in [0.05, 0.1) is 31.5 Å². The lowest BCUT2D eigenvalue weighted by Crippen LogP contribution is -2.10. The Morgan fingerprint density at radius 1 is 1.25 bits per heavy atom. The van der Waals surface area contributed by atoms with E-state index in [2.05, 4.69) is 27.8 Å². The Bertz CT molecular complexity index is 602. The van der Waals surface area contributed by atoms with Crippen molar-refractivity contribution in [1.82, 2.24) is 9.55 Å². The van der Waals surface area contributed by atoms with Gasteiger partial charge in [0.15, 0.2) is 0 Å². The molecule has 20 heavy (non-hydrogen) atoms. The highest BCUT2D eigenvalue weighted by atomic mass is 16.5. The second-order valence-corrected chi connectivity index (χ2v) is 4.83. The molecule has 0 fully saturated rings. The normalized spacial score (nSPS) is 13.8. The summed E-state index contributed by atoms with van der Waals surface area (Å²) in [6.45, 7) is 1.15. The Morgan fingerprint density at radius 2 is 2.10 bits per heavy atom. The summed E-state index contributed by atoms with van der Waals surface area (Å²) in [5.74, 6) is 0.993. The third-order valence-corrected chi connectivity index (χ3v) is 3.50. The van der Waals surface area contributed by atoms with Crippen molar-refractivity contribution in [3.63, 3.8) is 0 Å². The molecule has 1 heterocycles. The number of methoxy groups -OCH3 is 1. The minimum Gasteiger partial charge on any atom is -0.501 e. The van der Waals surface area contributed by atoms with Crippen LogP contribution in [0.1, 0.15) is 17.0 Å². The van der Waals surface area contributed by atoms with Crippen molar-refractivity contribution in [1.29, 1.82) is 0 Å². The molecule has 0 amide bonds. The van der Waals surface area contributed by atoms with Crippen LogP contribution in [0, 0.1) is 0 Å². The molecule has 4 heteroatoms. The molecule has 0 bridgehead atoms. The number of rotatable bonds is 5. The summed E-state index contributed by atoms with van der Waals surface area (Å²) in [5, 5.41) is 0. The second-order valence-electron chi connectivity index (χ2n) is 4.83. The molecule has 3 rings (SSSR count). The van der Waals surface area contributed by atoms with Gasteiger partial charge in [0, 0.05) is 18.5 Å². The number of allylic oxidation sites excluding steroid dienone is 2. The lowest BCUT2D eigenvalue weighted by molar-refractivity contribution is 0.0623. The van der Waals surface area contributed by atoms with Crippen LogP contribution in [0.3, 0.4) is 0 Å². The van der Waals surface area contributed by atoms with E-state index in [-0.39, 0.29) is 0 Å². The number of benzene rings is 1. The Hall–Kier alpha value is -2.07. The van der Waals surface area contributed by atoms with E-state index >= 15 is 0 Å². The van der Waals surface area contributed by atoms with Crippen LogP contribution in [0.5, 0.6) is 0 Å². The summed E-state index contributed by atoms with van der Waals surface area (Å²) in [6, 6.07) is 10.2. The molecule has 104 valence electrons. The van der Waals surface area contributed by atoms with E-state index in [9.17, 15) is 0 Å². The molecule has 0 N–H and O–H groups in total. The molecule has 0 radical (unpaired) electrons. The fourth-order valence-electron chi connectivity index (χ4n) is 2.38. The van der Waals surface area contributed by atoms with Gasteiger partial charge in [0.25, 0.3) is 0 Å². The van der Waals surface area contributed by atoms with Crippen molar-refractivity contribution in [2.45, 2.75) is 26.2 Å². The summed E-state index contributed by atoms with van der Waals surface area (Å²) >= 11 is 0. The first-order valence-electron chi connectivity index (χ1n) is 6.74. The van der Waals surface area contributed by atoms with Gasteiger partial charge in [-0.3, -0.25) is 0 Å². The molecule has 0 atom stereocenters. The van der Waals surface area contributed by atoms with Crippen LogP contribution in [0.15, 0.2) is 48.5 Å². The number of aromatic nitrogens is 2. The summed E-state index contributed by atoms with van der Waals surface area (Å²) in [6.07, 6.45) is 5.59. The zero-order valence-corrected chi connectivity index (χ0v) is 11.6. The monoisotopic (exact) mass is 270 g/mol. The predicted molar refractivity (Wildman–Crippen MR) is 76.0 cm³/mol. The lowest BCUT2D eigenvalue weighted by Gasteiger charge is -2.14. The molecule has 1 aliphatic carbocycles. The first-order valence-corrected chi connectivity index (χ1v) is 6.74. The minimum absolute atomic E-state index is 0.535. The molecule has 1 aromatic heterocycles. The topological polar surface area (TPSA) is 36.3 Å². The van der Waals surface area contributed by atoms with Gasteiger partial charge in [-0.15, -0.1) is 0 Å². The summed E-state index contributed by atoms with van der Waals surface area (Å²) in [7, 11) is 1.71. The fourth-order valence-corrected chi connectivity index (χ4v) is 2.38. The van der Waals surface area contributed by atoms with Gasteiger partial charge in [-0.1, -0.05) is 30.3 Å². The van der Waals surface area contributed by atoms with Gasteiger partial charge >= 0.3 is 0 Å². The highest BCUT2D eigenvalue weighted by Crippen LogP contribution is 2.20. The van der Waals surface area contributed by atoms with Crippen molar-refractivity contribution >= 4 is 0 Å². The van der Waals surface area contributed by atoms with Gasteiger partial charge in [-0.05, 0) is 11.6 Å². The van der Waals surface area contributed by atoms with Crippen LogP contribution in [-0.4, -0.2) is 16.7 Å². The van der Waals surface area contributed by atoms with Crippen molar-refractivity contribution in [3.8, 4) is 0 Å². The van der Waals surface area contributed by atoms with Gasteiger partial charge in [0.2, 0.25) is 0 Å². The van der Waals surface area contributed by atoms with Crippen LogP contribution in [0.4, 0.5) is 0 Å². The van der Waals surface area contributed by atoms with Crippen LogP contribution < -0.4 is 0 Å². The first kappa shape index (κ1) is 12.9. The maximum atomic E-state index is 5.75. The van der Waals surface area contributed by atoms with E-state index < -0.39 is 0 Å². The first-order chi connectivity index (χ1) is 9.86. The summed E-state index contributed by atoms with van der Waals surface area (Å²) < 4.78 is 13.1. The molecule has 2 aromatic rings. The molecule has 4 nitrogen and oxygen atoms in total. The van der Waals surface area contributed by atoms with E-state index in [0.29, 0.717) is 13.3 Å². The van der Waals surface area contributed by atoms with Crippen LogP contribution in [0.2, 0.25) is 0 Å². The molecular formula is C16H18N2O2. The maximum absolute atomic E-state index is 5.75. The smallest absolute Gasteiger partial charge is 0.124 e. The number of fused-ring (bicyclic) bond motifs is 1. The zero-order valence-electron chi connectivity index (χ0n) is 11.6. The van der Waals surface area contributed by atoms with Crippen molar-refractivity contribution in [2.24, 2.45) is 0 Å². The molecule has 0 saturated heterocycles. The third-order valence-electron chi connectivity index (χ3n) is 3.50. The molecule has 0 spiro atoms. The highest BCUT2D eigenvalue weighted by molar-refractivity contribution is 5.26. The fraction of sp³-hybridized carbons (Fsp3) is 0.312. The standard InChI is InChI=1S/C16H18N2O2/c1-19-14-7-8-16-15(9-14)17-11-18(16)12-20-10-13-5-3-2-4-6-13/h2-7,11H,8-10,12H2,1H3.